The number of nitrogens with one attached hydrogen (secondary N) is 2. The van der Waals surface area contributed by atoms with E-state index >= 15 is 0 Å². The van der Waals surface area contributed by atoms with Crippen molar-refractivity contribution in [2.75, 3.05) is 39.4 Å². The van der Waals surface area contributed by atoms with Crippen LogP contribution in [0.1, 0.15) is 44.2 Å². The highest BCUT2D eigenvalue weighted by molar-refractivity contribution is 6.30. The van der Waals surface area contributed by atoms with Crippen molar-refractivity contribution in [2.24, 2.45) is 4.99 Å². The summed E-state index contributed by atoms with van der Waals surface area (Å²) in [6.07, 6.45) is 5.11. The van der Waals surface area contributed by atoms with E-state index in [0.717, 1.165) is 43.8 Å². The average molecular weight is 379 g/mol. The zero-order chi connectivity index (χ0) is 18.2. The number of morpholine rings is 1. The number of hydrogen-bond donors (Lipinski definition) is 2. The molecule has 0 aromatic heterocycles. The Balaban J connectivity index is 1.74. The highest BCUT2D eigenvalue weighted by atomic mass is 35.5. The van der Waals surface area contributed by atoms with Gasteiger partial charge in [-0.3, -0.25) is 9.89 Å². The Morgan fingerprint density at radius 3 is 2.77 bits per heavy atom. The van der Waals surface area contributed by atoms with Crippen LogP contribution in [-0.2, 0) is 4.74 Å². The van der Waals surface area contributed by atoms with E-state index in [1.54, 1.807) is 0 Å². The Labute approximate surface area is 162 Å². The van der Waals surface area contributed by atoms with E-state index in [2.05, 4.69) is 34.6 Å². The van der Waals surface area contributed by atoms with Crippen LogP contribution in [0.2, 0.25) is 5.02 Å². The molecule has 1 unspecified atom stereocenters. The van der Waals surface area contributed by atoms with Gasteiger partial charge in [0.2, 0.25) is 0 Å². The Morgan fingerprint density at radius 2 is 2.08 bits per heavy atom. The van der Waals surface area contributed by atoms with Crippen molar-refractivity contribution in [3.8, 4) is 0 Å². The topological polar surface area (TPSA) is 48.9 Å². The molecule has 1 aromatic carbocycles. The van der Waals surface area contributed by atoms with Gasteiger partial charge in [0, 0.05) is 30.7 Å². The summed E-state index contributed by atoms with van der Waals surface area (Å²) in [6.45, 7) is 7.11. The van der Waals surface area contributed by atoms with Gasteiger partial charge >= 0.3 is 0 Å². The fraction of sp³-hybridized carbons (Fsp3) is 0.650. The Bertz CT molecular complexity index is 583. The van der Waals surface area contributed by atoms with Gasteiger partial charge in [-0.1, -0.05) is 36.6 Å². The third-order valence-electron chi connectivity index (χ3n) is 5.18. The van der Waals surface area contributed by atoms with E-state index in [4.69, 9.17) is 21.3 Å². The van der Waals surface area contributed by atoms with Gasteiger partial charge < -0.3 is 15.4 Å². The smallest absolute Gasteiger partial charge is 0.191 e. The molecule has 144 valence electrons. The number of hydrogen-bond acceptors (Lipinski definition) is 3. The summed E-state index contributed by atoms with van der Waals surface area (Å²) in [5.74, 6) is 0.930. The number of halogens is 1. The first-order valence-electron chi connectivity index (χ1n) is 9.88. The van der Waals surface area contributed by atoms with E-state index in [0.29, 0.717) is 12.6 Å². The zero-order valence-corrected chi connectivity index (χ0v) is 16.5. The summed E-state index contributed by atoms with van der Waals surface area (Å²) in [7, 11) is 0. The molecule has 1 aliphatic carbocycles. The van der Waals surface area contributed by atoms with Crippen molar-refractivity contribution in [3.63, 3.8) is 0 Å². The maximum absolute atomic E-state index is 6.25. The minimum absolute atomic E-state index is 0.219. The van der Waals surface area contributed by atoms with Gasteiger partial charge in [0.05, 0.1) is 25.8 Å². The molecule has 2 N–H and O–H groups in total. The number of nitrogens with zero attached hydrogens (tertiary/aromatic N) is 2. The monoisotopic (exact) mass is 378 g/mol. The van der Waals surface area contributed by atoms with E-state index in [1.807, 2.05) is 12.1 Å². The van der Waals surface area contributed by atoms with Crippen LogP contribution in [0, 0.1) is 0 Å². The second kappa shape index (κ2) is 10.1. The van der Waals surface area contributed by atoms with Gasteiger partial charge in [0.15, 0.2) is 5.96 Å². The van der Waals surface area contributed by atoms with Crippen molar-refractivity contribution in [2.45, 2.75) is 44.7 Å². The number of benzene rings is 1. The van der Waals surface area contributed by atoms with E-state index < -0.39 is 0 Å². The molecule has 1 saturated carbocycles. The van der Waals surface area contributed by atoms with E-state index in [9.17, 15) is 0 Å². The number of ether oxygens (including phenoxy) is 1. The molecule has 5 nitrogen and oxygen atoms in total. The van der Waals surface area contributed by atoms with Crippen LogP contribution in [-0.4, -0.2) is 56.3 Å². The van der Waals surface area contributed by atoms with Crippen LogP contribution in [0.25, 0.3) is 0 Å². The molecule has 2 fully saturated rings. The summed E-state index contributed by atoms with van der Waals surface area (Å²) in [4.78, 5) is 7.38. The first-order chi connectivity index (χ1) is 12.8. The van der Waals surface area contributed by atoms with Gasteiger partial charge in [-0.25, -0.2) is 0 Å². The molecular weight excluding hydrogens is 348 g/mol. The highest BCUT2D eigenvalue weighted by Gasteiger charge is 2.23. The summed E-state index contributed by atoms with van der Waals surface area (Å²) >= 11 is 6.25. The lowest BCUT2D eigenvalue weighted by atomic mass is 10.0. The van der Waals surface area contributed by atoms with Gasteiger partial charge in [-0.15, -0.1) is 0 Å². The third kappa shape index (κ3) is 5.60. The lowest BCUT2D eigenvalue weighted by Crippen LogP contribution is -2.44. The van der Waals surface area contributed by atoms with Crippen LogP contribution in [0.15, 0.2) is 29.3 Å². The van der Waals surface area contributed by atoms with E-state index in [1.165, 1.54) is 31.2 Å². The Morgan fingerprint density at radius 1 is 1.31 bits per heavy atom. The molecule has 1 heterocycles. The van der Waals surface area contributed by atoms with Crippen molar-refractivity contribution in [1.29, 1.82) is 0 Å². The first-order valence-corrected chi connectivity index (χ1v) is 10.3. The molecule has 0 radical (unpaired) electrons. The fourth-order valence-corrected chi connectivity index (χ4v) is 3.99. The maximum Gasteiger partial charge on any atom is 0.191 e. The van der Waals surface area contributed by atoms with Gasteiger partial charge in [-0.05, 0) is 37.5 Å². The van der Waals surface area contributed by atoms with Gasteiger partial charge in [-0.2, -0.15) is 0 Å². The molecule has 0 spiro atoms. The zero-order valence-electron chi connectivity index (χ0n) is 15.7. The van der Waals surface area contributed by atoms with Crippen LogP contribution >= 0.6 is 11.6 Å². The summed E-state index contributed by atoms with van der Waals surface area (Å²) in [6, 6.07) is 8.94. The highest BCUT2D eigenvalue weighted by Crippen LogP contribution is 2.25. The molecule has 26 heavy (non-hydrogen) atoms. The number of aliphatic imine (C=N–C) groups is 1. The molecule has 1 atom stereocenters. The fourth-order valence-electron chi connectivity index (χ4n) is 3.80. The van der Waals surface area contributed by atoms with E-state index in [-0.39, 0.29) is 6.04 Å². The lowest BCUT2D eigenvalue weighted by molar-refractivity contribution is 0.0179. The van der Waals surface area contributed by atoms with Crippen LogP contribution in [0.4, 0.5) is 0 Å². The molecule has 2 aliphatic rings. The van der Waals surface area contributed by atoms with Gasteiger partial charge in [0.25, 0.3) is 0 Å². The average Bonchev–Trinajstić information content (AvgIpc) is 3.16. The van der Waals surface area contributed by atoms with Crippen molar-refractivity contribution >= 4 is 17.6 Å². The standard InChI is InChI=1S/C20H31ClN4O/c1-2-22-20(24-18-8-3-4-9-18)23-15-19(25-10-12-26-13-11-25)16-6-5-7-17(21)14-16/h5-7,14,18-19H,2-4,8-13,15H2,1H3,(H2,22,23,24). The second-order valence-electron chi connectivity index (χ2n) is 7.06. The molecule has 6 heteroatoms. The summed E-state index contributed by atoms with van der Waals surface area (Å²) in [5.41, 5.74) is 1.22. The minimum Gasteiger partial charge on any atom is -0.379 e. The predicted molar refractivity (Wildman–Crippen MR) is 108 cm³/mol. The van der Waals surface area contributed by atoms with Crippen molar-refractivity contribution in [3.05, 3.63) is 34.9 Å². The maximum atomic E-state index is 6.25. The molecule has 1 aliphatic heterocycles. The lowest BCUT2D eigenvalue weighted by Gasteiger charge is -2.34. The minimum atomic E-state index is 0.219. The first kappa shape index (κ1) is 19.5. The Hall–Kier alpha value is -1.30. The normalized spacial score (nSPS) is 20.9. The number of rotatable bonds is 6. The largest absolute Gasteiger partial charge is 0.379 e. The molecule has 0 amide bonds. The quantitative estimate of drug-likeness (QED) is 0.589. The summed E-state index contributed by atoms with van der Waals surface area (Å²) < 4.78 is 5.53. The molecule has 0 bridgehead atoms. The Kier molecular flexibility index (Phi) is 7.59. The van der Waals surface area contributed by atoms with Crippen LogP contribution in [0.3, 0.4) is 0 Å². The second-order valence-corrected chi connectivity index (χ2v) is 7.50. The third-order valence-corrected chi connectivity index (χ3v) is 5.42. The molecule has 1 aromatic rings. The van der Waals surface area contributed by atoms with Crippen molar-refractivity contribution in [1.82, 2.24) is 15.5 Å². The van der Waals surface area contributed by atoms with Crippen LogP contribution < -0.4 is 10.6 Å². The molecule has 3 rings (SSSR count). The van der Waals surface area contributed by atoms with Crippen molar-refractivity contribution < 1.29 is 4.74 Å². The molecular formula is C20H31ClN4O. The SMILES string of the molecule is CCNC(=NCC(c1cccc(Cl)c1)N1CCOCC1)NC1CCCC1. The molecule has 1 saturated heterocycles. The number of guanidine groups is 1. The van der Waals surface area contributed by atoms with Gasteiger partial charge in [0.1, 0.15) is 0 Å². The summed E-state index contributed by atoms with van der Waals surface area (Å²) in [5, 5.41) is 7.79. The van der Waals surface area contributed by atoms with Crippen LogP contribution in [0.5, 0.6) is 0 Å². The predicted octanol–water partition coefficient (Wildman–Crippen LogP) is 3.21.